The van der Waals surface area contributed by atoms with Gasteiger partial charge in [0.15, 0.2) is 5.96 Å². The van der Waals surface area contributed by atoms with Crippen molar-refractivity contribution >= 4 is 35.6 Å². The van der Waals surface area contributed by atoms with Gasteiger partial charge in [-0.15, -0.1) is 24.0 Å². The van der Waals surface area contributed by atoms with E-state index in [2.05, 4.69) is 57.5 Å². The molecule has 2 aliphatic rings. The molecule has 0 radical (unpaired) electrons. The number of piperazine rings is 1. The van der Waals surface area contributed by atoms with Crippen LogP contribution in [-0.4, -0.2) is 94.2 Å². The molecular weight excluding hydrogens is 525 g/mol. The van der Waals surface area contributed by atoms with Crippen LogP contribution >= 0.6 is 24.0 Å². The minimum Gasteiger partial charge on any atom is -0.369 e. The number of nitrogens with one attached hydrogen (secondary N) is 2. The fourth-order valence-corrected chi connectivity index (χ4v) is 4.47. The van der Waals surface area contributed by atoms with Crippen LogP contribution in [0.1, 0.15) is 24.0 Å². The molecule has 0 aliphatic carbocycles. The van der Waals surface area contributed by atoms with E-state index in [9.17, 15) is 8.78 Å². The van der Waals surface area contributed by atoms with E-state index >= 15 is 0 Å². The highest BCUT2D eigenvalue weighted by molar-refractivity contribution is 14.0. The van der Waals surface area contributed by atoms with Gasteiger partial charge in [0, 0.05) is 71.1 Å². The molecule has 182 valence electrons. The minimum absolute atomic E-state index is 0. The Hall–Kier alpha value is -1.20. The van der Waals surface area contributed by atoms with Crippen molar-refractivity contribution in [2.24, 2.45) is 4.99 Å². The number of alkyl halides is 2. The number of hydrogen-bond acceptors (Lipinski definition) is 4. The lowest BCUT2D eigenvalue weighted by molar-refractivity contribution is 0.0744. The highest BCUT2D eigenvalue weighted by atomic mass is 127. The third-order valence-electron chi connectivity index (χ3n) is 6.56. The van der Waals surface area contributed by atoms with Gasteiger partial charge < -0.3 is 15.5 Å². The number of piperidine rings is 1. The zero-order valence-electron chi connectivity index (χ0n) is 19.6. The van der Waals surface area contributed by atoms with E-state index in [0.29, 0.717) is 19.1 Å². The molecule has 0 spiro atoms. The Morgan fingerprint density at radius 1 is 1.06 bits per heavy atom. The smallest absolute Gasteiger partial charge is 0.251 e. The number of nitrogens with zero attached hydrogens (tertiary/aromatic N) is 4. The van der Waals surface area contributed by atoms with Gasteiger partial charge in [-0.3, -0.25) is 14.8 Å². The van der Waals surface area contributed by atoms with Crippen molar-refractivity contribution in [1.29, 1.82) is 0 Å². The van der Waals surface area contributed by atoms with E-state index in [1.165, 1.54) is 16.8 Å². The van der Waals surface area contributed by atoms with E-state index < -0.39 is 6.43 Å². The molecule has 0 amide bonds. The van der Waals surface area contributed by atoms with Crippen LogP contribution in [0.15, 0.2) is 23.2 Å². The summed E-state index contributed by atoms with van der Waals surface area (Å²) < 4.78 is 25.0. The molecule has 2 fully saturated rings. The van der Waals surface area contributed by atoms with E-state index in [-0.39, 0.29) is 30.5 Å². The summed E-state index contributed by atoms with van der Waals surface area (Å²) in [5.41, 5.74) is 4.09. The van der Waals surface area contributed by atoms with Crippen LogP contribution in [0, 0.1) is 13.8 Å². The van der Waals surface area contributed by atoms with Crippen LogP contribution in [0.5, 0.6) is 0 Å². The van der Waals surface area contributed by atoms with Gasteiger partial charge in [0.2, 0.25) is 0 Å². The van der Waals surface area contributed by atoms with Crippen LogP contribution in [0.3, 0.4) is 0 Å². The predicted octanol–water partition coefficient (Wildman–Crippen LogP) is 2.94. The maximum atomic E-state index is 12.5. The van der Waals surface area contributed by atoms with Gasteiger partial charge in [0.05, 0.1) is 6.54 Å². The highest BCUT2D eigenvalue weighted by Crippen LogP contribution is 2.23. The zero-order valence-corrected chi connectivity index (χ0v) is 21.9. The second kappa shape index (κ2) is 13.5. The number of benzene rings is 1. The largest absolute Gasteiger partial charge is 0.369 e. The van der Waals surface area contributed by atoms with Crippen molar-refractivity contribution in [2.75, 3.05) is 70.9 Å². The Kier molecular flexibility index (Phi) is 11.4. The van der Waals surface area contributed by atoms with Crippen LogP contribution in [0.2, 0.25) is 0 Å². The Morgan fingerprint density at radius 2 is 1.75 bits per heavy atom. The third-order valence-corrected chi connectivity index (χ3v) is 6.56. The van der Waals surface area contributed by atoms with E-state index in [1.807, 2.05) is 4.90 Å². The number of likely N-dealkylation sites (tertiary alicyclic amines) is 1. The molecule has 1 aromatic carbocycles. The van der Waals surface area contributed by atoms with Gasteiger partial charge in [0.1, 0.15) is 0 Å². The Morgan fingerprint density at radius 3 is 2.38 bits per heavy atom. The Balaban J connectivity index is 0.00000363. The van der Waals surface area contributed by atoms with Crippen molar-refractivity contribution in [1.82, 2.24) is 20.4 Å². The summed E-state index contributed by atoms with van der Waals surface area (Å²) in [6.45, 7) is 11.7. The molecule has 2 saturated heterocycles. The number of anilines is 1. The molecule has 1 aromatic rings. The fraction of sp³-hybridized carbons (Fsp3) is 0.696. The summed E-state index contributed by atoms with van der Waals surface area (Å²) in [6.07, 6.45) is -0.511. The average Bonchev–Trinajstić information content (AvgIpc) is 2.76. The van der Waals surface area contributed by atoms with Gasteiger partial charge in [-0.1, -0.05) is 12.1 Å². The van der Waals surface area contributed by atoms with Crippen LogP contribution in [0.4, 0.5) is 14.5 Å². The predicted molar refractivity (Wildman–Crippen MR) is 140 cm³/mol. The second-order valence-electron chi connectivity index (χ2n) is 8.66. The Labute approximate surface area is 208 Å². The van der Waals surface area contributed by atoms with E-state index in [0.717, 1.165) is 58.1 Å². The average molecular weight is 565 g/mol. The first kappa shape index (κ1) is 27.0. The number of halogens is 3. The quantitative estimate of drug-likeness (QED) is 0.303. The van der Waals surface area contributed by atoms with Gasteiger partial charge in [-0.2, -0.15) is 0 Å². The maximum Gasteiger partial charge on any atom is 0.251 e. The second-order valence-corrected chi connectivity index (χ2v) is 8.66. The molecule has 0 atom stereocenters. The number of guanidine groups is 1. The lowest BCUT2D eigenvalue weighted by atomic mass is 10.1. The van der Waals surface area contributed by atoms with Gasteiger partial charge in [0.25, 0.3) is 6.43 Å². The highest BCUT2D eigenvalue weighted by Gasteiger charge is 2.22. The van der Waals surface area contributed by atoms with E-state index in [4.69, 9.17) is 0 Å². The first-order chi connectivity index (χ1) is 15.0. The van der Waals surface area contributed by atoms with E-state index in [1.54, 1.807) is 7.05 Å². The van der Waals surface area contributed by atoms with Crippen molar-refractivity contribution < 1.29 is 8.78 Å². The van der Waals surface area contributed by atoms with Crippen molar-refractivity contribution in [2.45, 2.75) is 39.2 Å². The lowest BCUT2D eigenvalue weighted by Gasteiger charge is -2.37. The summed E-state index contributed by atoms with van der Waals surface area (Å²) in [4.78, 5) is 11.2. The normalized spacial score (nSPS) is 19.2. The maximum absolute atomic E-state index is 12.5. The molecular formula is C23H39F2IN6. The van der Waals surface area contributed by atoms with Gasteiger partial charge in [-0.05, 0) is 43.9 Å². The monoisotopic (exact) mass is 564 g/mol. The van der Waals surface area contributed by atoms with Crippen molar-refractivity contribution in [3.05, 3.63) is 29.3 Å². The Bertz CT molecular complexity index is 716. The SMILES string of the molecule is CN=C(NCCN1CCN(c2cccc(C)c2C)CC1)NC1CCN(CC(F)F)CC1.I. The lowest BCUT2D eigenvalue weighted by Crippen LogP contribution is -2.51. The summed E-state index contributed by atoms with van der Waals surface area (Å²) in [6, 6.07) is 6.85. The molecule has 0 bridgehead atoms. The molecule has 0 aromatic heterocycles. The number of aryl methyl sites for hydroxylation is 1. The molecule has 2 heterocycles. The van der Waals surface area contributed by atoms with Crippen LogP contribution in [0.25, 0.3) is 0 Å². The molecule has 0 unspecified atom stereocenters. The van der Waals surface area contributed by atoms with Crippen molar-refractivity contribution in [3.63, 3.8) is 0 Å². The summed E-state index contributed by atoms with van der Waals surface area (Å²) in [5, 5.41) is 6.87. The first-order valence-electron chi connectivity index (χ1n) is 11.5. The molecule has 9 heteroatoms. The minimum atomic E-state index is -2.25. The number of hydrogen-bond donors (Lipinski definition) is 2. The molecule has 32 heavy (non-hydrogen) atoms. The van der Waals surface area contributed by atoms with Crippen molar-refractivity contribution in [3.8, 4) is 0 Å². The van der Waals surface area contributed by atoms with Gasteiger partial charge >= 0.3 is 0 Å². The standard InChI is InChI=1S/C23H38F2N6.HI/c1-18-5-4-6-21(19(18)2)31-15-13-29(14-16-31)12-9-27-23(26-3)28-20-7-10-30(11-8-20)17-22(24)25;/h4-6,20,22H,7-17H2,1-3H3,(H2,26,27,28);1H. The molecule has 3 rings (SSSR count). The van der Waals surface area contributed by atoms with Crippen LogP contribution < -0.4 is 15.5 Å². The zero-order chi connectivity index (χ0) is 22.2. The molecule has 2 N–H and O–H groups in total. The fourth-order valence-electron chi connectivity index (χ4n) is 4.47. The third kappa shape index (κ3) is 7.98. The number of rotatable bonds is 7. The summed E-state index contributed by atoms with van der Waals surface area (Å²) in [7, 11) is 1.78. The summed E-state index contributed by atoms with van der Waals surface area (Å²) >= 11 is 0. The molecule has 6 nitrogen and oxygen atoms in total. The number of aliphatic imine (C=N–C) groups is 1. The first-order valence-corrected chi connectivity index (χ1v) is 11.5. The molecule has 2 aliphatic heterocycles. The topological polar surface area (TPSA) is 46.1 Å². The van der Waals surface area contributed by atoms with Gasteiger partial charge in [-0.25, -0.2) is 8.78 Å². The van der Waals surface area contributed by atoms with Crippen LogP contribution in [-0.2, 0) is 0 Å². The summed E-state index contributed by atoms with van der Waals surface area (Å²) in [5.74, 6) is 0.807. The molecule has 0 saturated carbocycles.